The van der Waals surface area contributed by atoms with E-state index in [1.54, 1.807) is 16.4 Å². The van der Waals surface area contributed by atoms with Crippen molar-refractivity contribution in [2.45, 2.75) is 17.4 Å². The molecule has 118 valence electrons. The molecule has 0 saturated heterocycles. The van der Waals surface area contributed by atoms with Crippen LogP contribution in [0.25, 0.3) is 0 Å². The fourth-order valence-electron chi connectivity index (χ4n) is 2.49. The molecule has 22 heavy (non-hydrogen) atoms. The molecule has 2 aromatic rings. The average Bonchev–Trinajstić information content (AvgIpc) is 2.91. The molecule has 1 aromatic heterocycles. The standard InChI is InChI=1S/C16H21N3O2S/c1-18(9-8-12-10-17-19(2)11-12)15(16(20)21)13-6-4-5-7-14(13)22-3/h4-7,10-11,15H,8-9H2,1-3H3,(H,20,21). The molecule has 0 fully saturated rings. The molecular weight excluding hydrogens is 298 g/mol. The quantitative estimate of drug-likeness (QED) is 0.794. The maximum atomic E-state index is 11.8. The highest BCUT2D eigenvalue weighted by molar-refractivity contribution is 7.98. The maximum Gasteiger partial charge on any atom is 0.325 e. The van der Waals surface area contributed by atoms with E-state index in [1.165, 1.54) is 0 Å². The zero-order valence-corrected chi connectivity index (χ0v) is 13.9. The third-order valence-electron chi connectivity index (χ3n) is 3.62. The van der Waals surface area contributed by atoms with Crippen molar-refractivity contribution in [3.8, 4) is 0 Å². The number of aliphatic carboxylic acids is 1. The number of carboxylic acid groups (broad SMARTS) is 1. The Labute approximate surface area is 134 Å². The first-order valence-corrected chi connectivity index (χ1v) is 8.29. The molecule has 5 nitrogen and oxygen atoms in total. The second-order valence-corrected chi connectivity index (χ2v) is 6.08. The molecule has 0 aliphatic heterocycles. The van der Waals surface area contributed by atoms with E-state index in [0.717, 1.165) is 22.4 Å². The SMILES string of the molecule is CSc1ccccc1C(C(=O)O)N(C)CCc1cnn(C)c1. The largest absolute Gasteiger partial charge is 0.480 e. The number of carboxylic acids is 1. The molecule has 1 heterocycles. The first kappa shape index (κ1) is 16.6. The van der Waals surface area contributed by atoms with Crippen LogP contribution in [0.5, 0.6) is 0 Å². The number of aromatic nitrogens is 2. The van der Waals surface area contributed by atoms with E-state index in [9.17, 15) is 9.90 Å². The summed E-state index contributed by atoms with van der Waals surface area (Å²) in [5.41, 5.74) is 1.95. The Balaban J connectivity index is 2.15. The Bertz CT molecular complexity index is 642. The first-order valence-electron chi connectivity index (χ1n) is 7.06. The molecule has 6 heteroatoms. The summed E-state index contributed by atoms with van der Waals surface area (Å²) in [5.74, 6) is -0.824. The molecule has 0 amide bonds. The minimum Gasteiger partial charge on any atom is -0.480 e. The van der Waals surface area contributed by atoms with Crippen molar-refractivity contribution >= 4 is 17.7 Å². The summed E-state index contributed by atoms with van der Waals surface area (Å²) in [5, 5.41) is 13.8. The molecule has 1 unspecified atom stereocenters. The lowest BCUT2D eigenvalue weighted by Crippen LogP contribution is -2.32. The Morgan fingerprint density at radius 2 is 2.18 bits per heavy atom. The molecule has 0 spiro atoms. The molecule has 0 bridgehead atoms. The fraction of sp³-hybridized carbons (Fsp3) is 0.375. The van der Waals surface area contributed by atoms with Gasteiger partial charge in [-0.1, -0.05) is 18.2 Å². The highest BCUT2D eigenvalue weighted by Crippen LogP contribution is 2.29. The van der Waals surface area contributed by atoms with E-state index in [0.29, 0.717) is 6.54 Å². The molecule has 0 radical (unpaired) electrons. The van der Waals surface area contributed by atoms with Gasteiger partial charge in [0.05, 0.1) is 6.20 Å². The van der Waals surface area contributed by atoms with Crippen LogP contribution in [0.2, 0.25) is 0 Å². The van der Waals surface area contributed by atoms with Crippen LogP contribution in [0.4, 0.5) is 0 Å². The molecular formula is C16H21N3O2S. The predicted molar refractivity (Wildman–Crippen MR) is 88.1 cm³/mol. The van der Waals surface area contributed by atoms with Gasteiger partial charge in [-0.15, -0.1) is 11.8 Å². The third kappa shape index (κ3) is 3.90. The third-order valence-corrected chi connectivity index (χ3v) is 4.43. The number of hydrogen-bond donors (Lipinski definition) is 1. The maximum absolute atomic E-state index is 11.8. The molecule has 1 aromatic carbocycles. The summed E-state index contributed by atoms with van der Waals surface area (Å²) >= 11 is 1.57. The number of aryl methyl sites for hydroxylation is 1. The van der Waals surface area contributed by atoms with E-state index < -0.39 is 12.0 Å². The number of hydrogen-bond acceptors (Lipinski definition) is 4. The Hall–Kier alpha value is -1.79. The van der Waals surface area contributed by atoms with E-state index in [2.05, 4.69) is 5.10 Å². The lowest BCUT2D eigenvalue weighted by Gasteiger charge is -2.26. The second-order valence-electron chi connectivity index (χ2n) is 5.24. The van der Waals surface area contributed by atoms with Gasteiger partial charge in [-0.25, -0.2) is 0 Å². The summed E-state index contributed by atoms with van der Waals surface area (Å²) in [7, 11) is 3.73. The van der Waals surface area contributed by atoms with Gasteiger partial charge >= 0.3 is 5.97 Å². The van der Waals surface area contributed by atoms with Crippen LogP contribution >= 0.6 is 11.8 Å². The summed E-state index contributed by atoms with van der Waals surface area (Å²) in [6, 6.07) is 7.04. The van der Waals surface area contributed by atoms with Crippen LogP contribution in [0.3, 0.4) is 0 Å². The molecule has 0 aliphatic rings. The van der Waals surface area contributed by atoms with Crippen LogP contribution in [-0.2, 0) is 18.3 Å². The highest BCUT2D eigenvalue weighted by atomic mass is 32.2. The minimum atomic E-state index is -0.824. The zero-order valence-electron chi connectivity index (χ0n) is 13.1. The van der Waals surface area contributed by atoms with Crippen molar-refractivity contribution in [2.75, 3.05) is 19.8 Å². The minimum absolute atomic E-state index is 0.639. The Morgan fingerprint density at radius 3 is 2.77 bits per heavy atom. The molecule has 0 saturated carbocycles. The van der Waals surface area contributed by atoms with Crippen LogP contribution in [0.15, 0.2) is 41.6 Å². The average molecular weight is 319 g/mol. The monoisotopic (exact) mass is 319 g/mol. The van der Waals surface area contributed by atoms with Crippen LogP contribution in [0.1, 0.15) is 17.2 Å². The van der Waals surface area contributed by atoms with Crippen molar-refractivity contribution in [3.05, 3.63) is 47.8 Å². The number of rotatable bonds is 7. The lowest BCUT2D eigenvalue weighted by atomic mass is 10.1. The molecule has 1 N–H and O–H groups in total. The van der Waals surface area contributed by atoms with Crippen LogP contribution in [0, 0.1) is 0 Å². The predicted octanol–water partition coefficient (Wildman–Crippen LogP) is 2.44. The van der Waals surface area contributed by atoms with Gasteiger partial charge in [0.15, 0.2) is 0 Å². The van der Waals surface area contributed by atoms with Gasteiger partial charge < -0.3 is 5.11 Å². The number of benzene rings is 1. The fourth-order valence-corrected chi connectivity index (χ4v) is 3.12. The summed E-state index contributed by atoms with van der Waals surface area (Å²) < 4.78 is 1.76. The van der Waals surface area contributed by atoms with E-state index >= 15 is 0 Å². The molecule has 2 rings (SSSR count). The second kappa shape index (κ2) is 7.47. The van der Waals surface area contributed by atoms with Crippen molar-refractivity contribution in [1.29, 1.82) is 0 Å². The first-order chi connectivity index (χ1) is 10.5. The summed E-state index contributed by atoms with van der Waals surface area (Å²) in [4.78, 5) is 14.6. The Kier molecular flexibility index (Phi) is 5.63. The molecule has 1 atom stereocenters. The topological polar surface area (TPSA) is 58.4 Å². The highest BCUT2D eigenvalue weighted by Gasteiger charge is 2.26. The van der Waals surface area contributed by atoms with Gasteiger partial charge in [-0.05, 0) is 36.9 Å². The van der Waals surface area contributed by atoms with Gasteiger partial charge in [0.25, 0.3) is 0 Å². The van der Waals surface area contributed by atoms with Gasteiger partial charge in [-0.2, -0.15) is 5.10 Å². The summed E-state index contributed by atoms with van der Waals surface area (Å²) in [6.45, 7) is 0.658. The van der Waals surface area contributed by atoms with E-state index in [1.807, 2.05) is 61.9 Å². The van der Waals surface area contributed by atoms with Crippen molar-refractivity contribution in [1.82, 2.24) is 14.7 Å². The smallest absolute Gasteiger partial charge is 0.325 e. The number of thioether (sulfide) groups is 1. The van der Waals surface area contributed by atoms with Crippen molar-refractivity contribution < 1.29 is 9.90 Å². The number of likely N-dealkylation sites (N-methyl/N-ethyl adjacent to an activating group) is 1. The van der Waals surface area contributed by atoms with Gasteiger partial charge in [-0.3, -0.25) is 14.4 Å². The van der Waals surface area contributed by atoms with E-state index in [-0.39, 0.29) is 0 Å². The van der Waals surface area contributed by atoms with Gasteiger partial charge in [0.1, 0.15) is 6.04 Å². The Morgan fingerprint density at radius 1 is 1.45 bits per heavy atom. The van der Waals surface area contributed by atoms with Gasteiger partial charge in [0, 0.05) is 24.7 Å². The van der Waals surface area contributed by atoms with Crippen LogP contribution < -0.4 is 0 Å². The number of carbonyl (C=O) groups is 1. The van der Waals surface area contributed by atoms with E-state index in [4.69, 9.17) is 0 Å². The zero-order chi connectivity index (χ0) is 16.1. The van der Waals surface area contributed by atoms with Gasteiger partial charge in [0.2, 0.25) is 0 Å². The summed E-state index contributed by atoms with van der Waals surface area (Å²) in [6.07, 6.45) is 6.52. The molecule has 0 aliphatic carbocycles. The van der Waals surface area contributed by atoms with Crippen molar-refractivity contribution in [2.24, 2.45) is 7.05 Å². The van der Waals surface area contributed by atoms with Crippen molar-refractivity contribution in [3.63, 3.8) is 0 Å². The lowest BCUT2D eigenvalue weighted by molar-refractivity contribution is -0.143. The number of nitrogens with zero attached hydrogens (tertiary/aromatic N) is 3. The normalized spacial score (nSPS) is 12.5. The van der Waals surface area contributed by atoms with Crippen LogP contribution in [-0.4, -0.2) is 45.6 Å².